The lowest BCUT2D eigenvalue weighted by Crippen LogP contribution is -2.37. The van der Waals surface area contributed by atoms with Gasteiger partial charge in [-0.15, -0.1) is 0 Å². The zero-order valence-corrected chi connectivity index (χ0v) is 9.60. The van der Waals surface area contributed by atoms with E-state index in [4.69, 9.17) is 5.73 Å². The number of hydrogen-bond donors (Lipinski definition) is 2. The lowest BCUT2D eigenvalue weighted by atomic mass is 10.4. The molecule has 0 saturated heterocycles. The van der Waals surface area contributed by atoms with Crippen LogP contribution in [0, 0.1) is 0 Å². The molecular formula is C10H17N5O. The van der Waals surface area contributed by atoms with Gasteiger partial charge in [0.1, 0.15) is 11.6 Å². The standard InChI is InChI=1S/C10H17N5O/c1-3-12-10(16)7-15(4-2)9-6-13-8(11)5-14-9/h5-6H,3-4,7H2,1-2H3,(H2,11,13)(H,12,16). The molecule has 6 heteroatoms. The van der Waals surface area contributed by atoms with Gasteiger partial charge in [-0.05, 0) is 13.8 Å². The van der Waals surface area contributed by atoms with Crippen molar-refractivity contribution >= 4 is 17.5 Å². The molecule has 0 aromatic carbocycles. The van der Waals surface area contributed by atoms with Gasteiger partial charge in [0.25, 0.3) is 0 Å². The van der Waals surface area contributed by atoms with Gasteiger partial charge in [0.05, 0.1) is 18.9 Å². The number of carbonyl (C=O) groups excluding carboxylic acids is 1. The van der Waals surface area contributed by atoms with Crippen LogP contribution < -0.4 is 16.0 Å². The number of amides is 1. The highest BCUT2D eigenvalue weighted by atomic mass is 16.2. The molecule has 0 aliphatic rings. The summed E-state index contributed by atoms with van der Waals surface area (Å²) in [5.74, 6) is 1.00. The summed E-state index contributed by atoms with van der Waals surface area (Å²) >= 11 is 0. The number of nitrogens with one attached hydrogen (secondary N) is 1. The molecule has 0 fully saturated rings. The molecule has 0 atom stereocenters. The Morgan fingerprint density at radius 3 is 2.69 bits per heavy atom. The van der Waals surface area contributed by atoms with Crippen LogP contribution >= 0.6 is 0 Å². The number of carbonyl (C=O) groups is 1. The molecule has 1 rings (SSSR count). The first-order valence-corrected chi connectivity index (χ1v) is 5.26. The second-order valence-corrected chi connectivity index (χ2v) is 3.27. The minimum atomic E-state index is -0.0250. The van der Waals surface area contributed by atoms with Crippen molar-refractivity contribution in [1.29, 1.82) is 0 Å². The van der Waals surface area contributed by atoms with E-state index >= 15 is 0 Å². The third kappa shape index (κ3) is 3.38. The molecule has 1 amide bonds. The molecule has 88 valence electrons. The monoisotopic (exact) mass is 223 g/mol. The second-order valence-electron chi connectivity index (χ2n) is 3.27. The Hall–Kier alpha value is -1.85. The van der Waals surface area contributed by atoms with E-state index in [1.165, 1.54) is 6.20 Å². The lowest BCUT2D eigenvalue weighted by Gasteiger charge is -2.20. The number of anilines is 2. The first-order chi connectivity index (χ1) is 7.67. The van der Waals surface area contributed by atoms with Crippen LogP contribution in [0.2, 0.25) is 0 Å². The van der Waals surface area contributed by atoms with Gasteiger partial charge in [0.2, 0.25) is 5.91 Å². The van der Waals surface area contributed by atoms with Gasteiger partial charge < -0.3 is 16.0 Å². The van der Waals surface area contributed by atoms with Crippen molar-refractivity contribution in [3.05, 3.63) is 12.4 Å². The number of likely N-dealkylation sites (N-methyl/N-ethyl adjacent to an activating group) is 2. The molecule has 3 N–H and O–H groups in total. The highest BCUT2D eigenvalue weighted by molar-refractivity contribution is 5.80. The van der Waals surface area contributed by atoms with Gasteiger partial charge in [0.15, 0.2) is 0 Å². The molecule has 16 heavy (non-hydrogen) atoms. The Bertz CT molecular complexity index is 338. The van der Waals surface area contributed by atoms with Gasteiger partial charge in [-0.25, -0.2) is 9.97 Å². The lowest BCUT2D eigenvalue weighted by molar-refractivity contribution is -0.119. The van der Waals surface area contributed by atoms with Crippen molar-refractivity contribution in [2.75, 3.05) is 30.3 Å². The van der Waals surface area contributed by atoms with Crippen LogP contribution in [0.5, 0.6) is 0 Å². The normalized spacial score (nSPS) is 9.88. The molecule has 0 spiro atoms. The maximum atomic E-state index is 11.4. The summed E-state index contributed by atoms with van der Waals surface area (Å²) in [6, 6.07) is 0. The van der Waals surface area contributed by atoms with Crippen LogP contribution in [0.4, 0.5) is 11.6 Å². The van der Waals surface area contributed by atoms with Crippen LogP contribution in [0.25, 0.3) is 0 Å². The third-order valence-corrected chi connectivity index (χ3v) is 2.07. The Kier molecular flexibility index (Phi) is 4.50. The molecule has 1 aromatic rings. The minimum Gasteiger partial charge on any atom is -0.382 e. The summed E-state index contributed by atoms with van der Waals surface area (Å²) in [4.78, 5) is 21.3. The SMILES string of the molecule is CCNC(=O)CN(CC)c1cnc(N)cn1. The van der Waals surface area contributed by atoms with Gasteiger partial charge in [-0.1, -0.05) is 0 Å². The van der Waals surface area contributed by atoms with Crippen LogP contribution in [0.1, 0.15) is 13.8 Å². The first kappa shape index (κ1) is 12.2. The number of rotatable bonds is 5. The molecule has 0 aliphatic heterocycles. The van der Waals surface area contributed by atoms with Crippen molar-refractivity contribution in [1.82, 2.24) is 15.3 Å². The Balaban J connectivity index is 2.67. The van der Waals surface area contributed by atoms with Crippen molar-refractivity contribution in [2.45, 2.75) is 13.8 Å². The van der Waals surface area contributed by atoms with Gasteiger partial charge in [-0.3, -0.25) is 4.79 Å². The van der Waals surface area contributed by atoms with Crippen molar-refractivity contribution in [2.24, 2.45) is 0 Å². The molecule has 6 nitrogen and oxygen atoms in total. The Labute approximate surface area is 94.9 Å². The minimum absolute atomic E-state index is 0.0250. The zero-order valence-electron chi connectivity index (χ0n) is 9.60. The molecular weight excluding hydrogens is 206 g/mol. The van der Waals surface area contributed by atoms with Crippen molar-refractivity contribution < 1.29 is 4.79 Å². The highest BCUT2D eigenvalue weighted by Gasteiger charge is 2.10. The first-order valence-electron chi connectivity index (χ1n) is 5.26. The van der Waals surface area contributed by atoms with E-state index in [9.17, 15) is 4.79 Å². The number of nitrogens with zero attached hydrogens (tertiary/aromatic N) is 3. The van der Waals surface area contributed by atoms with Crippen molar-refractivity contribution in [3.8, 4) is 0 Å². The summed E-state index contributed by atoms with van der Waals surface area (Å²) in [6.07, 6.45) is 3.05. The fourth-order valence-electron chi connectivity index (χ4n) is 1.28. The maximum absolute atomic E-state index is 11.4. The van der Waals surface area contributed by atoms with E-state index in [-0.39, 0.29) is 12.5 Å². The van der Waals surface area contributed by atoms with E-state index in [2.05, 4.69) is 15.3 Å². The predicted molar refractivity (Wildman–Crippen MR) is 63.0 cm³/mol. The second kappa shape index (κ2) is 5.89. The summed E-state index contributed by atoms with van der Waals surface area (Å²) in [5.41, 5.74) is 5.45. The average Bonchev–Trinajstić information content (AvgIpc) is 2.27. The van der Waals surface area contributed by atoms with Crippen LogP contribution in [-0.4, -0.2) is 35.5 Å². The number of hydrogen-bond acceptors (Lipinski definition) is 5. The fraction of sp³-hybridized carbons (Fsp3) is 0.500. The summed E-state index contributed by atoms with van der Waals surface area (Å²) in [5, 5.41) is 2.74. The van der Waals surface area contributed by atoms with E-state index < -0.39 is 0 Å². The maximum Gasteiger partial charge on any atom is 0.239 e. The van der Waals surface area contributed by atoms with Crippen LogP contribution in [-0.2, 0) is 4.79 Å². The smallest absolute Gasteiger partial charge is 0.239 e. The van der Waals surface area contributed by atoms with Crippen molar-refractivity contribution in [3.63, 3.8) is 0 Å². The van der Waals surface area contributed by atoms with E-state index in [1.807, 2.05) is 18.7 Å². The van der Waals surface area contributed by atoms with Gasteiger partial charge in [0, 0.05) is 13.1 Å². The molecule has 0 bridgehead atoms. The molecule has 1 heterocycles. The summed E-state index contributed by atoms with van der Waals surface area (Å²) in [7, 11) is 0. The van der Waals surface area contributed by atoms with E-state index in [1.54, 1.807) is 6.20 Å². The summed E-state index contributed by atoms with van der Waals surface area (Å²) in [6.45, 7) is 5.44. The average molecular weight is 223 g/mol. The fourth-order valence-corrected chi connectivity index (χ4v) is 1.28. The van der Waals surface area contributed by atoms with Gasteiger partial charge >= 0.3 is 0 Å². The summed E-state index contributed by atoms with van der Waals surface area (Å²) < 4.78 is 0. The topological polar surface area (TPSA) is 84.1 Å². The van der Waals surface area contributed by atoms with Crippen LogP contribution in [0.15, 0.2) is 12.4 Å². The molecule has 0 saturated carbocycles. The zero-order chi connectivity index (χ0) is 12.0. The molecule has 0 radical (unpaired) electrons. The predicted octanol–water partition coefficient (Wildman–Crippen LogP) is 0.0212. The third-order valence-electron chi connectivity index (χ3n) is 2.07. The Morgan fingerprint density at radius 1 is 1.44 bits per heavy atom. The molecule has 1 aromatic heterocycles. The molecule has 0 unspecified atom stereocenters. The quantitative estimate of drug-likeness (QED) is 0.735. The largest absolute Gasteiger partial charge is 0.382 e. The number of nitrogen functional groups attached to an aromatic ring is 1. The van der Waals surface area contributed by atoms with Gasteiger partial charge in [-0.2, -0.15) is 0 Å². The van der Waals surface area contributed by atoms with Crippen LogP contribution in [0.3, 0.4) is 0 Å². The highest BCUT2D eigenvalue weighted by Crippen LogP contribution is 2.08. The number of nitrogens with two attached hydrogens (primary N) is 1. The van der Waals surface area contributed by atoms with E-state index in [0.29, 0.717) is 24.7 Å². The van der Waals surface area contributed by atoms with E-state index in [0.717, 1.165) is 0 Å². The Morgan fingerprint density at radius 2 is 2.19 bits per heavy atom. The molecule has 0 aliphatic carbocycles. The number of aromatic nitrogens is 2.